The van der Waals surface area contributed by atoms with Crippen molar-refractivity contribution in [3.63, 3.8) is 0 Å². The molecule has 0 aliphatic rings. The van der Waals surface area contributed by atoms with E-state index < -0.39 is 23.4 Å². The molecule has 14 heavy (non-hydrogen) atoms. The molecular weight excluding hydrogens is 210 g/mol. The van der Waals surface area contributed by atoms with Crippen LogP contribution in [0.25, 0.3) is 0 Å². The van der Waals surface area contributed by atoms with E-state index in [4.69, 9.17) is 0 Å². The lowest BCUT2D eigenvalue weighted by Crippen LogP contribution is -2.04. The Balaban J connectivity index is 2.88. The summed E-state index contributed by atoms with van der Waals surface area (Å²) < 4.78 is 45.4. The molecule has 5 heteroatoms. The van der Waals surface area contributed by atoms with Crippen LogP contribution in [-0.4, -0.2) is 15.2 Å². The highest BCUT2D eigenvalue weighted by Gasteiger charge is 2.16. The number of hydrogen-bond acceptors (Lipinski definition) is 2. The maximum atomic E-state index is 12.3. The molecule has 0 saturated heterocycles. The van der Waals surface area contributed by atoms with Crippen molar-refractivity contribution >= 4 is 11.1 Å². The zero-order chi connectivity index (χ0) is 10.7. The van der Waals surface area contributed by atoms with Gasteiger partial charge in [-0.1, -0.05) is 19.1 Å². The van der Waals surface area contributed by atoms with E-state index >= 15 is 0 Å². The molecule has 0 fully saturated rings. The summed E-state index contributed by atoms with van der Waals surface area (Å²) >= 11 is -2.30. The molecule has 0 aliphatic heterocycles. The second-order valence-electron chi connectivity index (χ2n) is 2.93. The molecule has 78 valence electrons. The van der Waals surface area contributed by atoms with Crippen molar-refractivity contribution in [2.45, 2.75) is 24.2 Å². The number of rotatable bonds is 3. The molecule has 0 spiro atoms. The molecular formula is C9H9F2O2S-. The van der Waals surface area contributed by atoms with Crippen molar-refractivity contribution in [2.75, 3.05) is 0 Å². The molecule has 2 nitrogen and oxygen atoms in total. The van der Waals surface area contributed by atoms with Gasteiger partial charge in [0.15, 0.2) is 0 Å². The highest BCUT2D eigenvalue weighted by atomic mass is 32.2. The molecule has 0 aliphatic carbocycles. The Morgan fingerprint density at radius 3 is 2.14 bits per heavy atom. The van der Waals surface area contributed by atoms with E-state index in [1.807, 2.05) is 0 Å². The Kier molecular flexibility index (Phi) is 3.71. The largest absolute Gasteiger partial charge is 0.768 e. The third-order valence-corrected chi connectivity index (χ3v) is 2.63. The Morgan fingerprint density at radius 2 is 1.79 bits per heavy atom. The van der Waals surface area contributed by atoms with E-state index in [0.29, 0.717) is 5.56 Å². The molecule has 0 amide bonds. The van der Waals surface area contributed by atoms with Crippen LogP contribution >= 0.6 is 0 Å². The van der Waals surface area contributed by atoms with Gasteiger partial charge in [-0.2, -0.15) is 0 Å². The zero-order valence-corrected chi connectivity index (χ0v) is 8.26. The highest BCUT2D eigenvalue weighted by molar-refractivity contribution is 7.79. The Bertz CT molecular complexity index is 324. The van der Waals surface area contributed by atoms with Crippen molar-refractivity contribution < 1.29 is 17.5 Å². The average molecular weight is 219 g/mol. The maximum absolute atomic E-state index is 12.3. The first-order valence-corrected chi connectivity index (χ1v) is 5.07. The lowest BCUT2D eigenvalue weighted by Gasteiger charge is -2.11. The first-order valence-electron chi connectivity index (χ1n) is 3.99. The van der Waals surface area contributed by atoms with E-state index in [2.05, 4.69) is 0 Å². The Hall–Kier alpha value is -0.810. The van der Waals surface area contributed by atoms with Gasteiger partial charge in [0.25, 0.3) is 0 Å². The summed E-state index contributed by atoms with van der Waals surface area (Å²) in [7, 11) is 0. The molecule has 2 atom stereocenters. The van der Waals surface area contributed by atoms with Crippen molar-refractivity contribution in [3.05, 3.63) is 29.8 Å². The SMILES string of the molecule is CC(c1ccc(S(=O)[O-])cc1)C(F)F. The van der Waals surface area contributed by atoms with Crippen LogP contribution in [-0.2, 0) is 11.1 Å². The molecule has 0 bridgehead atoms. The van der Waals surface area contributed by atoms with Crippen molar-refractivity contribution in [3.8, 4) is 0 Å². The fourth-order valence-corrected chi connectivity index (χ4v) is 1.39. The molecule has 0 N–H and O–H groups in total. The first-order chi connectivity index (χ1) is 6.52. The number of alkyl halides is 2. The first kappa shape index (κ1) is 11.3. The van der Waals surface area contributed by atoms with Crippen LogP contribution in [0.1, 0.15) is 18.4 Å². The minimum absolute atomic E-state index is 0.107. The molecule has 0 heterocycles. The Labute approximate surface area is 83.2 Å². The standard InChI is InChI=1S/C9H10F2O2S/c1-6(9(10)11)7-2-4-8(5-3-7)14(12)13/h2-6,9H,1H3,(H,12,13)/p-1. The Morgan fingerprint density at radius 1 is 1.29 bits per heavy atom. The molecule has 0 saturated carbocycles. The van der Waals surface area contributed by atoms with Gasteiger partial charge >= 0.3 is 0 Å². The molecule has 2 unspecified atom stereocenters. The summed E-state index contributed by atoms with van der Waals surface area (Å²) in [4.78, 5) is 0.107. The van der Waals surface area contributed by atoms with E-state index in [0.717, 1.165) is 0 Å². The summed E-state index contributed by atoms with van der Waals surface area (Å²) in [5.74, 6) is -0.871. The predicted molar refractivity (Wildman–Crippen MR) is 48.0 cm³/mol. The number of halogens is 2. The normalized spacial score (nSPS) is 15.5. The molecule has 1 aromatic rings. The average Bonchev–Trinajstić information content (AvgIpc) is 2.16. The molecule has 1 aromatic carbocycles. The van der Waals surface area contributed by atoms with Crippen LogP contribution in [0.5, 0.6) is 0 Å². The molecule has 0 radical (unpaired) electrons. The highest BCUT2D eigenvalue weighted by Crippen LogP contribution is 2.23. The zero-order valence-electron chi connectivity index (χ0n) is 7.44. The summed E-state index contributed by atoms with van der Waals surface area (Å²) in [5.41, 5.74) is 0.439. The van der Waals surface area contributed by atoms with Gasteiger partial charge in [0.1, 0.15) is 0 Å². The second kappa shape index (κ2) is 4.61. The lowest BCUT2D eigenvalue weighted by atomic mass is 10.0. The van der Waals surface area contributed by atoms with Crippen molar-refractivity contribution in [2.24, 2.45) is 0 Å². The number of hydrogen-bond donors (Lipinski definition) is 0. The van der Waals surface area contributed by atoms with Gasteiger partial charge in [0, 0.05) is 10.8 Å². The molecule has 0 aromatic heterocycles. The predicted octanol–water partition coefficient (Wildman–Crippen LogP) is 2.29. The smallest absolute Gasteiger partial charge is 0.245 e. The van der Waals surface area contributed by atoms with Crippen LogP contribution in [0.2, 0.25) is 0 Å². The minimum Gasteiger partial charge on any atom is -0.768 e. The van der Waals surface area contributed by atoms with Gasteiger partial charge in [-0.3, -0.25) is 4.21 Å². The van der Waals surface area contributed by atoms with Crippen LogP contribution in [0.3, 0.4) is 0 Å². The summed E-state index contributed by atoms with van der Waals surface area (Å²) in [6, 6.07) is 5.44. The third kappa shape index (κ3) is 2.59. The fraction of sp³-hybridized carbons (Fsp3) is 0.333. The van der Waals surface area contributed by atoms with E-state index in [1.165, 1.54) is 31.2 Å². The van der Waals surface area contributed by atoms with Crippen LogP contribution in [0.4, 0.5) is 8.78 Å². The van der Waals surface area contributed by atoms with Crippen LogP contribution in [0, 0.1) is 0 Å². The minimum atomic E-state index is -2.43. The van der Waals surface area contributed by atoms with Gasteiger partial charge in [-0.25, -0.2) is 8.78 Å². The van der Waals surface area contributed by atoms with Crippen LogP contribution < -0.4 is 0 Å². The second-order valence-corrected chi connectivity index (χ2v) is 3.87. The monoisotopic (exact) mass is 219 g/mol. The lowest BCUT2D eigenvalue weighted by molar-refractivity contribution is 0.121. The number of benzene rings is 1. The fourth-order valence-electron chi connectivity index (χ4n) is 1.03. The van der Waals surface area contributed by atoms with E-state index in [9.17, 15) is 17.5 Å². The third-order valence-electron chi connectivity index (χ3n) is 1.98. The summed E-state index contributed by atoms with van der Waals surface area (Å²) in [6.07, 6.45) is -2.43. The summed E-state index contributed by atoms with van der Waals surface area (Å²) in [5, 5.41) is 0. The van der Waals surface area contributed by atoms with Crippen molar-refractivity contribution in [1.29, 1.82) is 0 Å². The van der Waals surface area contributed by atoms with Gasteiger partial charge in [-0.05, 0) is 28.8 Å². The van der Waals surface area contributed by atoms with Gasteiger partial charge in [-0.15, -0.1) is 0 Å². The van der Waals surface area contributed by atoms with E-state index in [1.54, 1.807) is 0 Å². The van der Waals surface area contributed by atoms with Crippen LogP contribution in [0.15, 0.2) is 29.2 Å². The van der Waals surface area contributed by atoms with Gasteiger partial charge in [0.05, 0.1) is 0 Å². The van der Waals surface area contributed by atoms with Crippen molar-refractivity contribution in [1.82, 2.24) is 0 Å². The topological polar surface area (TPSA) is 40.1 Å². The molecule has 1 rings (SSSR count). The summed E-state index contributed by atoms with van der Waals surface area (Å²) in [6.45, 7) is 1.40. The van der Waals surface area contributed by atoms with E-state index in [-0.39, 0.29) is 4.90 Å². The maximum Gasteiger partial charge on any atom is 0.245 e. The van der Waals surface area contributed by atoms with Gasteiger partial charge in [0.2, 0.25) is 6.43 Å². The van der Waals surface area contributed by atoms with Gasteiger partial charge < -0.3 is 4.55 Å². The quantitative estimate of drug-likeness (QED) is 0.732.